The monoisotopic (exact) mass is 200 g/mol. The minimum Gasteiger partial charge on any atom is -0.348 e. The van der Waals surface area contributed by atoms with E-state index in [4.69, 9.17) is 0 Å². The second kappa shape index (κ2) is 4.30. The van der Waals surface area contributed by atoms with E-state index in [1.807, 2.05) is 6.20 Å². The summed E-state index contributed by atoms with van der Waals surface area (Å²) in [6, 6.07) is 6.49. The molecule has 0 fully saturated rings. The van der Waals surface area contributed by atoms with Gasteiger partial charge in [0.2, 0.25) is 0 Å². The Balaban J connectivity index is 2.34. The Morgan fingerprint density at radius 1 is 1.33 bits per heavy atom. The number of aromatic nitrogens is 2. The van der Waals surface area contributed by atoms with Gasteiger partial charge in [0.25, 0.3) is 0 Å². The van der Waals surface area contributed by atoms with Crippen molar-refractivity contribution in [2.75, 3.05) is 0 Å². The number of hydrogen-bond acceptors (Lipinski definition) is 1. The molecular weight excluding hydrogens is 184 g/mol. The Labute approximate surface area is 90.4 Å². The zero-order valence-electron chi connectivity index (χ0n) is 9.25. The van der Waals surface area contributed by atoms with Crippen LogP contribution in [0.3, 0.4) is 0 Å². The van der Waals surface area contributed by atoms with E-state index in [1.54, 1.807) is 6.20 Å². The van der Waals surface area contributed by atoms with E-state index >= 15 is 0 Å². The van der Waals surface area contributed by atoms with E-state index in [0.717, 1.165) is 18.7 Å². The number of rotatable bonds is 3. The number of hydrogen-bond donors (Lipinski definition) is 1. The Morgan fingerprint density at radius 3 is 2.87 bits per heavy atom. The summed E-state index contributed by atoms with van der Waals surface area (Å²) in [4.78, 5) is 7.43. The normalized spacial score (nSPS) is 10.5. The summed E-state index contributed by atoms with van der Waals surface area (Å²) in [5.74, 6) is 1.04. The van der Waals surface area contributed by atoms with Gasteiger partial charge in [-0.05, 0) is 30.0 Å². The lowest BCUT2D eigenvalue weighted by Crippen LogP contribution is -1.99. The van der Waals surface area contributed by atoms with Crippen LogP contribution in [0.1, 0.15) is 29.4 Å². The lowest BCUT2D eigenvalue weighted by Gasteiger charge is -2.09. The largest absolute Gasteiger partial charge is 0.348 e. The van der Waals surface area contributed by atoms with Crippen LogP contribution in [0.15, 0.2) is 30.6 Å². The van der Waals surface area contributed by atoms with Gasteiger partial charge in [0.05, 0.1) is 0 Å². The molecule has 78 valence electrons. The topological polar surface area (TPSA) is 28.7 Å². The number of nitrogens with one attached hydrogen (secondary N) is 1. The van der Waals surface area contributed by atoms with Crippen molar-refractivity contribution in [3.8, 4) is 0 Å². The summed E-state index contributed by atoms with van der Waals surface area (Å²) < 4.78 is 0. The Bertz CT molecular complexity index is 430. The molecule has 2 heteroatoms. The molecule has 0 atom stereocenters. The fraction of sp³-hybridized carbons (Fsp3) is 0.308. The van der Waals surface area contributed by atoms with Gasteiger partial charge < -0.3 is 4.98 Å². The Kier molecular flexibility index (Phi) is 2.86. The molecule has 1 aromatic carbocycles. The van der Waals surface area contributed by atoms with E-state index < -0.39 is 0 Å². The maximum Gasteiger partial charge on any atom is 0.110 e. The average Bonchev–Trinajstić information content (AvgIpc) is 2.74. The minimum absolute atomic E-state index is 0.906. The quantitative estimate of drug-likeness (QED) is 0.810. The first-order valence-corrected chi connectivity index (χ1v) is 5.37. The van der Waals surface area contributed by atoms with E-state index in [1.165, 1.54) is 16.7 Å². The van der Waals surface area contributed by atoms with Gasteiger partial charge in [0, 0.05) is 18.8 Å². The molecule has 0 radical (unpaired) electrons. The van der Waals surface area contributed by atoms with Crippen molar-refractivity contribution in [2.24, 2.45) is 0 Å². The van der Waals surface area contributed by atoms with Crippen LogP contribution in [-0.2, 0) is 12.8 Å². The van der Waals surface area contributed by atoms with Gasteiger partial charge in [-0.2, -0.15) is 0 Å². The van der Waals surface area contributed by atoms with Gasteiger partial charge in [-0.25, -0.2) is 4.98 Å². The van der Waals surface area contributed by atoms with E-state index in [0.29, 0.717) is 0 Å². The number of nitrogens with zero attached hydrogens (tertiary/aromatic N) is 1. The summed E-state index contributed by atoms with van der Waals surface area (Å²) in [5.41, 5.74) is 4.19. The molecule has 1 aromatic heterocycles. The molecule has 0 bridgehead atoms. The van der Waals surface area contributed by atoms with Crippen molar-refractivity contribution >= 4 is 0 Å². The number of aryl methyl sites for hydroxylation is 2. The van der Waals surface area contributed by atoms with Crippen molar-refractivity contribution in [1.82, 2.24) is 9.97 Å². The van der Waals surface area contributed by atoms with E-state index in [-0.39, 0.29) is 0 Å². The molecule has 15 heavy (non-hydrogen) atoms. The second-order valence-electron chi connectivity index (χ2n) is 3.78. The molecule has 0 unspecified atom stereocenters. The SMILES string of the molecule is CCc1cccc(C)c1Cc1ncc[nH]1. The predicted molar refractivity (Wildman–Crippen MR) is 62.0 cm³/mol. The molecule has 1 heterocycles. The number of imidazole rings is 1. The van der Waals surface area contributed by atoms with Gasteiger partial charge in [-0.15, -0.1) is 0 Å². The Hall–Kier alpha value is -1.57. The third-order valence-electron chi connectivity index (χ3n) is 2.79. The van der Waals surface area contributed by atoms with Crippen LogP contribution >= 0.6 is 0 Å². The molecule has 2 aromatic rings. The fourth-order valence-corrected chi connectivity index (χ4v) is 1.91. The maximum atomic E-state index is 4.27. The van der Waals surface area contributed by atoms with Crippen LogP contribution in [0.2, 0.25) is 0 Å². The van der Waals surface area contributed by atoms with Crippen molar-refractivity contribution in [1.29, 1.82) is 0 Å². The number of aromatic amines is 1. The zero-order chi connectivity index (χ0) is 10.7. The molecule has 0 spiro atoms. The zero-order valence-corrected chi connectivity index (χ0v) is 9.25. The fourth-order valence-electron chi connectivity index (χ4n) is 1.91. The van der Waals surface area contributed by atoms with Crippen molar-refractivity contribution in [3.05, 3.63) is 53.1 Å². The summed E-state index contributed by atoms with van der Waals surface area (Å²) in [7, 11) is 0. The van der Waals surface area contributed by atoms with Crippen molar-refractivity contribution < 1.29 is 0 Å². The highest BCUT2D eigenvalue weighted by molar-refractivity contribution is 5.36. The van der Waals surface area contributed by atoms with E-state index in [9.17, 15) is 0 Å². The maximum absolute atomic E-state index is 4.27. The van der Waals surface area contributed by atoms with Gasteiger partial charge in [-0.1, -0.05) is 25.1 Å². The molecule has 0 aliphatic rings. The second-order valence-corrected chi connectivity index (χ2v) is 3.78. The molecule has 0 amide bonds. The first-order chi connectivity index (χ1) is 7.31. The molecule has 0 saturated carbocycles. The van der Waals surface area contributed by atoms with Crippen LogP contribution in [0, 0.1) is 6.92 Å². The molecule has 1 N–H and O–H groups in total. The lowest BCUT2D eigenvalue weighted by molar-refractivity contribution is 0.975. The van der Waals surface area contributed by atoms with Crippen LogP contribution < -0.4 is 0 Å². The minimum atomic E-state index is 0.906. The number of benzene rings is 1. The standard InChI is InChI=1S/C13H16N2/c1-3-11-6-4-5-10(2)12(11)9-13-14-7-8-15-13/h4-8H,3,9H2,1-2H3,(H,14,15). The first kappa shape index (κ1) is 9.97. The average molecular weight is 200 g/mol. The highest BCUT2D eigenvalue weighted by Gasteiger charge is 2.06. The smallest absolute Gasteiger partial charge is 0.110 e. The van der Waals surface area contributed by atoms with E-state index in [2.05, 4.69) is 42.0 Å². The molecule has 0 aliphatic heterocycles. The third-order valence-corrected chi connectivity index (χ3v) is 2.79. The summed E-state index contributed by atoms with van der Waals surface area (Å²) in [5, 5.41) is 0. The van der Waals surface area contributed by atoms with Gasteiger partial charge >= 0.3 is 0 Å². The number of H-pyrrole nitrogens is 1. The van der Waals surface area contributed by atoms with Gasteiger partial charge in [-0.3, -0.25) is 0 Å². The molecule has 0 saturated heterocycles. The Morgan fingerprint density at radius 2 is 2.20 bits per heavy atom. The van der Waals surface area contributed by atoms with Crippen LogP contribution in [0.4, 0.5) is 0 Å². The van der Waals surface area contributed by atoms with Crippen LogP contribution in [0.5, 0.6) is 0 Å². The van der Waals surface area contributed by atoms with Crippen LogP contribution in [0.25, 0.3) is 0 Å². The van der Waals surface area contributed by atoms with Crippen LogP contribution in [-0.4, -0.2) is 9.97 Å². The summed E-state index contributed by atoms with van der Waals surface area (Å²) in [6.07, 6.45) is 5.67. The summed E-state index contributed by atoms with van der Waals surface area (Å²) in [6.45, 7) is 4.36. The third kappa shape index (κ3) is 2.09. The first-order valence-electron chi connectivity index (χ1n) is 5.37. The van der Waals surface area contributed by atoms with Crippen molar-refractivity contribution in [2.45, 2.75) is 26.7 Å². The molecule has 2 rings (SSSR count). The molecule has 0 aliphatic carbocycles. The molecular formula is C13H16N2. The molecule has 2 nitrogen and oxygen atoms in total. The highest BCUT2D eigenvalue weighted by Crippen LogP contribution is 2.17. The van der Waals surface area contributed by atoms with Gasteiger partial charge in [0.1, 0.15) is 5.82 Å². The summed E-state index contributed by atoms with van der Waals surface area (Å²) >= 11 is 0. The highest BCUT2D eigenvalue weighted by atomic mass is 14.9. The predicted octanol–water partition coefficient (Wildman–Crippen LogP) is 2.87. The van der Waals surface area contributed by atoms with Gasteiger partial charge in [0.15, 0.2) is 0 Å². The lowest BCUT2D eigenvalue weighted by atomic mass is 9.97. The van der Waals surface area contributed by atoms with Crippen molar-refractivity contribution in [3.63, 3.8) is 0 Å².